The van der Waals surface area contributed by atoms with Gasteiger partial charge < -0.3 is 10.2 Å². The second kappa shape index (κ2) is 6.17. The molecule has 0 spiro atoms. The Morgan fingerprint density at radius 3 is 2.45 bits per heavy atom. The molecule has 110 valence electrons. The Hall–Kier alpha value is -1.02. The highest BCUT2D eigenvalue weighted by atomic mass is 35.5. The molecular formula is C11H13Cl2N3O3S. The fraction of sp³-hybridized carbons (Fsp3) is 0.364. The first-order valence-corrected chi connectivity index (χ1v) is 8.11. The van der Waals surface area contributed by atoms with Crippen molar-refractivity contribution < 1.29 is 13.2 Å². The maximum absolute atomic E-state index is 12.0. The molecule has 9 heteroatoms. The minimum Gasteiger partial charge on any atom is -0.336 e. The summed E-state index contributed by atoms with van der Waals surface area (Å²) in [6, 6.07) is 3.91. The zero-order valence-corrected chi connectivity index (χ0v) is 12.7. The Bertz CT molecular complexity index is 601. The summed E-state index contributed by atoms with van der Waals surface area (Å²) in [4.78, 5) is 12.8. The fourth-order valence-electron chi connectivity index (χ4n) is 1.81. The normalized spacial score (nSPS) is 15.5. The monoisotopic (exact) mass is 337 g/mol. The lowest BCUT2D eigenvalue weighted by molar-refractivity contribution is 0.218. The number of benzene rings is 1. The van der Waals surface area contributed by atoms with E-state index in [-0.39, 0.29) is 27.5 Å². The summed E-state index contributed by atoms with van der Waals surface area (Å²) in [5, 5.41) is 3.13. The standard InChI is InChI=1S/C11H13Cl2N3O3S/c12-8-5-9(13)7-10(6-8)20(18,19)15-2-4-16-3-1-14-11(16)17/h5-7,15H,1-4H2,(H,14,17). The predicted molar refractivity (Wildman–Crippen MR) is 76.6 cm³/mol. The number of hydrogen-bond donors (Lipinski definition) is 2. The second-order valence-corrected chi connectivity index (χ2v) is 6.86. The predicted octanol–water partition coefficient (Wildman–Crippen LogP) is 1.30. The van der Waals surface area contributed by atoms with Gasteiger partial charge >= 0.3 is 6.03 Å². The number of halogens is 2. The van der Waals surface area contributed by atoms with Crippen molar-refractivity contribution >= 4 is 39.3 Å². The van der Waals surface area contributed by atoms with Gasteiger partial charge in [0.1, 0.15) is 0 Å². The van der Waals surface area contributed by atoms with Crippen molar-refractivity contribution in [2.45, 2.75) is 4.90 Å². The third kappa shape index (κ3) is 3.76. The van der Waals surface area contributed by atoms with Gasteiger partial charge in [-0.2, -0.15) is 0 Å². The van der Waals surface area contributed by atoms with E-state index in [0.29, 0.717) is 19.6 Å². The van der Waals surface area contributed by atoms with Crippen molar-refractivity contribution in [2.75, 3.05) is 26.2 Å². The number of hydrogen-bond acceptors (Lipinski definition) is 3. The maximum Gasteiger partial charge on any atom is 0.317 e. The van der Waals surface area contributed by atoms with Crippen LogP contribution in [0.5, 0.6) is 0 Å². The summed E-state index contributed by atoms with van der Waals surface area (Å²) in [5.41, 5.74) is 0. The van der Waals surface area contributed by atoms with Gasteiger partial charge in [0.2, 0.25) is 10.0 Å². The molecule has 0 saturated carbocycles. The van der Waals surface area contributed by atoms with Gasteiger partial charge in [0.25, 0.3) is 0 Å². The van der Waals surface area contributed by atoms with Crippen LogP contribution in [-0.4, -0.2) is 45.5 Å². The van der Waals surface area contributed by atoms with Crippen LogP contribution in [0.15, 0.2) is 23.1 Å². The Morgan fingerprint density at radius 1 is 1.25 bits per heavy atom. The van der Waals surface area contributed by atoms with Crippen molar-refractivity contribution in [3.05, 3.63) is 28.2 Å². The number of nitrogens with zero attached hydrogens (tertiary/aromatic N) is 1. The van der Waals surface area contributed by atoms with E-state index in [9.17, 15) is 13.2 Å². The van der Waals surface area contributed by atoms with E-state index >= 15 is 0 Å². The molecule has 1 saturated heterocycles. The molecule has 1 fully saturated rings. The second-order valence-electron chi connectivity index (χ2n) is 4.22. The van der Waals surface area contributed by atoms with Gasteiger partial charge in [0.05, 0.1) is 4.90 Å². The van der Waals surface area contributed by atoms with Crippen molar-refractivity contribution in [1.82, 2.24) is 14.9 Å². The van der Waals surface area contributed by atoms with Gasteiger partial charge in [-0.05, 0) is 18.2 Å². The molecule has 1 aromatic rings. The van der Waals surface area contributed by atoms with Crippen LogP contribution in [0.3, 0.4) is 0 Å². The molecule has 0 atom stereocenters. The third-order valence-corrected chi connectivity index (χ3v) is 4.64. The summed E-state index contributed by atoms with van der Waals surface area (Å²) >= 11 is 11.6. The molecule has 2 N–H and O–H groups in total. The highest BCUT2D eigenvalue weighted by Gasteiger charge is 2.20. The Morgan fingerprint density at radius 2 is 1.90 bits per heavy atom. The van der Waals surface area contributed by atoms with Crippen molar-refractivity contribution in [3.8, 4) is 0 Å². The fourth-order valence-corrected chi connectivity index (χ4v) is 3.55. The number of amides is 2. The zero-order valence-electron chi connectivity index (χ0n) is 10.4. The molecule has 0 aromatic heterocycles. The molecule has 1 heterocycles. The van der Waals surface area contributed by atoms with Crippen LogP contribution in [-0.2, 0) is 10.0 Å². The molecule has 0 radical (unpaired) electrons. The summed E-state index contributed by atoms with van der Waals surface area (Å²) < 4.78 is 26.5. The van der Waals surface area contributed by atoms with Crippen LogP contribution >= 0.6 is 23.2 Å². The molecule has 0 unspecified atom stereocenters. The van der Waals surface area contributed by atoms with Crippen LogP contribution in [0.1, 0.15) is 0 Å². The lowest BCUT2D eigenvalue weighted by Gasteiger charge is -2.14. The zero-order chi connectivity index (χ0) is 14.8. The minimum absolute atomic E-state index is 0.000809. The van der Waals surface area contributed by atoms with Gasteiger partial charge in [-0.1, -0.05) is 23.2 Å². The summed E-state index contributed by atoms with van der Waals surface area (Å²) in [7, 11) is -3.69. The highest BCUT2D eigenvalue weighted by Crippen LogP contribution is 2.22. The third-order valence-electron chi connectivity index (χ3n) is 2.77. The topological polar surface area (TPSA) is 78.5 Å². The number of nitrogens with one attached hydrogen (secondary N) is 2. The lowest BCUT2D eigenvalue weighted by Crippen LogP contribution is -2.36. The Labute approximate surface area is 127 Å². The molecular weight excluding hydrogens is 325 g/mol. The van der Waals surface area contributed by atoms with Crippen molar-refractivity contribution in [1.29, 1.82) is 0 Å². The number of rotatable bonds is 5. The van der Waals surface area contributed by atoms with Gasteiger partial charge in [-0.15, -0.1) is 0 Å². The molecule has 1 aromatic carbocycles. The number of urea groups is 1. The number of sulfonamides is 1. The van der Waals surface area contributed by atoms with Crippen LogP contribution in [0.4, 0.5) is 4.79 Å². The largest absolute Gasteiger partial charge is 0.336 e. The van der Waals surface area contributed by atoms with Crippen LogP contribution in [0.25, 0.3) is 0 Å². The number of carbonyl (C=O) groups excluding carboxylic acids is 1. The van der Waals surface area contributed by atoms with E-state index in [2.05, 4.69) is 10.0 Å². The molecule has 20 heavy (non-hydrogen) atoms. The van der Waals surface area contributed by atoms with Crippen molar-refractivity contribution in [3.63, 3.8) is 0 Å². The van der Waals surface area contributed by atoms with Gasteiger partial charge in [0.15, 0.2) is 0 Å². The van der Waals surface area contributed by atoms with Gasteiger partial charge in [-0.25, -0.2) is 17.9 Å². The molecule has 6 nitrogen and oxygen atoms in total. The highest BCUT2D eigenvalue weighted by molar-refractivity contribution is 7.89. The first kappa shape index (κ1) is 15.4. The van der Waals surface area contributed by atoms with Crippen molar-refractivity contribution in [2.24, 2.45) is 0 Å². The average Bonchev–Trinajstić information content (AvgIpc) is 2.74. The van der Waals surface area contributed by atoms with Crippen LogP contribution < -0.4 is 10.0 Å². The van der Waals surface area contributed by atoms with E-state index < -0.39 is 10.0 Å². The van der Waals surface area contributed by atoms with E-state index in [1.165, 1.54) is 23.1 Å². The van der Waals surface area contributed by atoms with E-state index in [1.807, 2.05) is 0 Å². The quantitative estimate of drug-likeness (QED) is 0.849. The first-order valence-electron chi connectivity index (χ1n) is 5.87. The SMILES string of the molecule is O=C1NCCN1CCNS(=O)(=O)c1cc(Cl)cc(Cl)c1. The molecule has 0 bridgehead atoms. The van der Waals surface area contributed by atoms with E-state index in [1.54, 1.807) is 0 Å². The molecule has 0 aliphatic carbocycles. The van der Waals surface area contributed by atoms with Gasteiger partial charge in [0, 0.05) is 36.2 Å². The van der Waals surface area contributed by atoms with Crippen LogP contribution in [0, 0.1) is 0 Å². The first-order chi connectivity index (χ1) is 9.38. The molecule has 2 amide bonds. The number of carbonyl (C=O) groups is 1. The minimum atomic E-state index is -3.69. The average molecular weight is 338 g/mol. The van der Waals surface area contributed by atoms with Gasteiger partial charge in [-0.3, -0.25) is 0 Å². The lowest BCUT2D eigenvalue weighted by atomic mass is 10.4. The van der Waals surface area contributed by atoms with E-state index in [4.69, 9.17) is 23.2 Å². The Kier molecular flexibility index (Phi) is 4.74. The summed E-state index contributed by atoms with van der Waals surface area (Å²) in [5.74, 6) is 0. The van der Waals surface area contributed by atoms with E-state index in [0.717, 1.165) is 0 Å². The van der Waals surface area contributed by atoms with Crippen LogP contribution in [0.2, 0.25) is 10.0 Å². The summed E-state index contributed by atoms with van der Waals surface area (Å²) in [6.45, 7) is 1.58. The Balaban J connectivity index is 1.98. The smallest absolute Gasteiger partial charge is 0.317 e. The molecule has 1 aliphatic heterocycles. The molecule has 1 aliphatic rings. The maximum atomic E-state index is 12.0. The summed E-state index contributed by atoms with van der Waals surface area (Å²) in [6.07, 6.45) is 0. The molecule has 2 rings (SSSR count).